The maximum absolute atomic E-state index is 13.0. The number of hydrogen-bond acceptors (Lipinski definition) is 7. The zero-order valence-electron chi connectivity index (χ0n) is 20.4. The first-order valence-electron chi connectivity index (χ1n) is 11.8. The summed E-state index contributed by atoms with van der Waals surface area (Å²) in [5, 5.41) is 9.75. The predicted molar refractivity (Wildman–Crippen MR) is 125 cm³/mol. The number of carbonyl (C=O) groups is 2. The molecule has 2 amide bonds. The third kappa shape index (κ3) is 6.10. The lowest BCUT2D eigenvalue weighted by Gasteiger charge is -2.19. The molecule has 196 valence electrons. The highest BCUT2D eigenvalue weighted by atomic mass is 19.4. The number of rotatable bonds is 7. The van der Waals surface area contributed by atoms with Gasteiger partial charge in [0, 0.05) is 45.0 Å². The van der Waals surface area contributed by atoms with E-state index in [1.807, 2.05) is 0 Å². The van der Waals surface area contributed by atoms with E-state index in [0.29, 0.717) is 36.3 Å². The minimum atomic E-state index is -4.47. The van der Waals surface area contributed by atoms with Crippen LogP contribution < -0.4 is 14.4 Å². The van der Waals surface area contributed by atoms with Crippen LogP contribution in [-0.2, 0) is 9.59 Å². The molecule has 3 heterocycles. The summed E-state index contributed by atoms with van der Waals surface area (Å²) in [7, 11) is 3.46. The van der Waals surface area contributed by atoms with Crippen LogP contribution in [0, 0.1) is 17.2 Å². The van der Waals surface area contributed by atoms with E-state index in [1.165, 1.54) is 23.2 Å². The second kappa shape index (κ2) is 10.6. The molecule has 1 aliphatic heterocycles. The van der Waals surface area contributed by atoms with Crippen LogP contribution in [-0.4, -0.2) is 66.2 Å². The Kier molecular flexibility index (Phi) is 7.52. The average Bonchev–Trinajstić information content (AvgIpc) is 3.49. The summed E-state index contributed by atoms with van der Waals surface area (Å²) in [6, 6.07) is 6.43. The fourth-order valence-electron chi connectivity index (χ4n) is 4.71. The Labute approximate surface area is 211 Å². The Hall–Kier alpha value is -3.88. The Bertz CT molecular complexity index is 1200. The van der Waals surface area contributed by atoms with Crippen LogP contribution in [0.2, 0.25) is 0 Å². The second-order valence-electron chi connectivity index (χ2n) is 9.30. The monoisotopic (exact) mass is 517 g/mol. The van der Waals surface area contributed by atoms with Crippen molar-refractivity contribution in [3.63, 3.8) is 0 Å². The Morgan fingerprint density at radius 2 is 2.00 bits per heavy atom. The Morgan fingerprint density at radius 1 is 1.22 bits per heavy atom. The molecule has 2 unspecified atom stereocenters. The molecule has 37 heavy (non-hydrogen) atoms. The van der Waals surface area contributed by atoms with Gasteiger partial charge in [0.2, 0.25) is 11.8 Å². The molecule has 0 aromatic carbocycles. The molecule has 2 aliphatic rings. The van der Waals surface area contributed by atoms with E-state index in [2.05, 4.69) is 20.8 Å². The fraction of sp³-hybridized carbons (Fsp3) is 0.480. The number of amides is 2. The third-order valence-corrected chi connectivity index (χ3v) is 6.47. The molecule has 2 aromatic rings. The highest BCUT2D eigenvalue weighted by molar-refractivity contribution is 5.99. The van der Waals surface area contributed by atoms with E-state index in [9.17, 15) is 28.0 Å². The van der Waals surface area contributed by atoms with E-state index in [-0.39, 0.29) is 35.3 Å². The Morgan fingerprint density at radius 3 is 2.65 bits per heavy atom. The molecule has 9 nitrogen and oxygen atoms in total. The molecule has 1 saturated heterocycles. The zero-order chi connectivity index (χ0) is 26.7. The number of anilines is 1. The fourth-order valence-corrected chi connectivity index (χ4v) is 4.71. The van der Waals surface area contributed by atoms with Crippen molar-refractivity contribution in [1.82, 2.24) is 14.9 Å². The number of hydrogen-bond donors (Lipinski definition) is 0. The van der Waals surface area contributed by atoms with Gasteiger partial charge in [0.25, 0.3) is 5.91 Å². The van der Waals surface area contributed by atoms with Crippen molar-refractivity contribution in [2.24, 2.45) is 5.92 Å². The topological polar surface area (TPSA) is 109 Å². The van der Waals surface area contributed by atoms with Gasteiger partial charge in [0.15, 0.2) is 12.7 Å². The molecule has 1 saturated carbocycles. The van der Waals surface area contributed by atoms with Crippen molar-refractivity contribution in [2.45, 2.75) is 43.9 Å². The number of pyridine rings is 2. The molecule has 0 N–H and O–H groups in total. The molecular weight excluding hydrogens is 491 g/mol. The summed E-state index contributed by atoms with van der Waals surface area (Å²) in [6.07, 6.45) is -0.0347. The van der Waals surface area contributed by atoms with Gasteiger partial charge >= 0.3 is 6.18 Å². The van der Waals surface area contributed by atoms with Crippen molar-refractivity contribution in [3.8, 4) is 17.7 Å². The molecule has 0 bridgehead atoms. The van der Waals surface area contributed by atoms with Crippen LogP contribution >= 0.6 is 0 Å². The molecule has 2 fully saturated rings. The Balaban J connectivity index is 1.40. The molecular formula is C25H26F3N5O4. The van der Waals surface area contributed by atoms with E-state index in [0.717, 1.165) is 12.8 Å². The number of halogens is 3. The van der Waals surface area contributed by atoms with Gasteiger partial charge in [-0.25, -0.2) is 4.98 Å². The summed E-state index contributed by atoms with van der Waals surface area (Å²) >= 11 is 0. The van der Waals surface area contributed by atoms with Crippen LogP contribution in [0.3, 0.4) is 0 Å². The van der Waals surface area contributed by atoms with Crippen molar-refractivity contribution >= 4 is 17.5 Å². The normalized spacial score (nSPS) is 21.6. The van der Waals surface area contributed by atoms with Gasteiger partial charge in [-0.1, -0.05) is 0 Å². The lowest BCUT2D eigenvalue weighted by atomic mass is 9.97. The van der Waals surface area contributed by atoms with Gasteiger partial charge in [-0.05, 0) is 31.4 Å². The van der Waals surface area contributed by atoms with Crippen LogP contribution in [0.1, 0.15) is 42.9 Å². The summed E-state index contributed by atoms with van der Waals surface area (Å²) in [5.74, 6) is -0.338. The second-order valence-corrected chi connectivity index (χ2v) is 9.30. The largest absolute Gasteiger partial charge is 0.479 e. The van der Waals surface area contributed by atoms with E-state index >= 15 is 0 Å². The molecule has 0 spiro atoms. The van der Waals surface area contributed by atoms with E-state index in [4.69, 9.17) is 4.74 Å². The van der Waals surface area contributed by atoms with Crippen LogP contribution in [0.15, 0.2) is 30.6 Å². The average molecular weight is 518 g/mol. The predicted octanol–water partition coefficient (Wildman–Crippen LogP) is 3.45. The summed E-state index contributed by atoms with van der Waals surface area (Å²) < 4.78 is 47.1. The van der Waals surface area contributed by atoms with Gasteiger partial charge in [-0.2, -0.15) is 18.4 Å². The van der Waals surface area contributed by atoms with E-state index in [1.54, 1.807) is 31.3 Å². The highest BCUT2D eigenvalue weighted by Gasteiger charge is 2.37. The maximum atomic E-state index is 13.0. The van der Waals surface area contributed by atoms with Gasteiger partial charge < -0.3 is 19.3 Å². The first kappa shape index (κ1) is 26.2. The highest BCUT2D eigenvalue weighted by Crippen LogP contribution is 2.40. The third-order valence-electron chi connectivity index (χ3n) is 6.47. The number of ether oxygens (including phenoxy) is 2. The van der Waals surface area contributed by atoms with Crippen molar-refractivity contribution in [2.75, 3.05) is 32.1 Å². The maximum Gasteiger partial charge on any atom is 0.422 e. The standard InChI is InChI=1S/C25H26F3N5O4/c1-32(2)23(34)16-4-3-15(9-16)22-17(11-29)10-18(12-31-22)33-8-7-20(24(33)35)37-19-5-6-21(30-13-19)36-14-25(26,27)28/h5-6,10,12-13,15-16,20H,3-4,7-9,14H2,1-2H3/t15?,16?,20-/m1/s1. The number of aromatic nitrogens is 2. The molecule has 3 atom stereocenters. The number of carbonyl (C=O) groups excluding carboxylic acids is 2. The van der Waals surface area contributed by atoms with Crippen LogP contribution in [0.5, 0.6) is 11.6 Å². The summed E-state index contributed by atoms with van der Waals surface area (Å²) in [6.45, 7) is -1.11. The zero-order valence-corrected chi connectivity index (χ0v) is 20.4. The van der Waals surface area contributed by atoms with Gasteiger partial charge in [-0.3, -0.25) is 14.6 Å². The number of nitrogens with zero attached hydrogens (tertiary/aromatic N) is 5. The van der Waals surface area contributed by atoms with Crippen molar-refractivity contribution in [3.05, 3.63) is 41.9 Å². The minimum Gasteiger partial charge on any atom is -0.479 e. The summed E-state index contributed by atoms with van der Waals surface area (Å²) in [4.78, 5) is 36.7. The first-order chi connectivity index (χ1) is 17.6. The van der Waals surface area contributed by atoms with Crippen molar-refractivity contribution < 1.29 is 32.2 Å². The molecule has 2 aromatic heterocycles. The number of alkyl halides is 3. The van der Waals surface area contributed by atoms with Crippen molar-refractivity contribution in [1.29, 1.82) is 5.26 Å². The molecule has 4 rings (SSSR count). The molecule has 1 aliphatic carbocycles. The quantitative estimate of drug-likeness (QED) is 0.554. The van der Waals surface area contributed by atoms with Crippen LogP contribution in [0.25, 0.3) is 0 Å². The van der Waals surface area contributed by atoms with Gasteiger partial charge in [0.1, 0.15) is 11.8 Å². The SMILES string of the molecule is CN(C)C(=O)C1CCC(c2ncc(N3CC[C@@H](Oc4ccc(OCC(F)(F)F)nc4)C3=O)cc2C#N)C1. The van der Waals surface area contributed by atoms with Crippen LogP contribution in [0.4, 0.5) is 18.9 Å². The first-order valence-corrected chi connectivity index (χ1v) is 11.8. The van der Waals surface area contributed by atoms with Gasteiger partial charge in [-0.15, -0.1) is 0 Å². The smallest absolute Gasteiger partial charge is 0.422 e. The minimum absolute atomic E-state index is 0.00135. The molecule has 12 heteroatoms. The summed E-state index contributed by atoms with van der Waals surface area (Å²) in [5.41, 5.74) is 1.49. The van der Waals surface area contributed by atoms with Gasteiger partial charge in [0.05, 0.1) is 29.3 Å². The van der Waals surface area contributed by atoms with E-state index < -0.39 is 18.9 Å². The number of nitriles is 1. The lowest BCUT2D eigenvalue weighted by Crippen LogP contribution is -2.32. The lowest BCUT2D eigenvalue weighted by molar-refractivity contribution is -0.154. The molecule has 0 radical (unpaired) electrons.